The molecule has 0 aromatic heterocycles. The lowest BCUT2D eigenvalue weighted by Gasteiger charge is -2.24. The van der Waals surface area contributed by atoms with E-state index in [1.54, 1.807) is 7.11 Å². The maximum absolute atomic E-state index is 11.7. The van der Waals surface area contributed by atoms with Crippen LogP contribution >= 0.6 is 0 Å². The van der Waals surface area contributed by atoms with E-state index in [-0.39, 0.29) is 12.5 Å². The average molecular weight is 357 g/mol. The average Bonchev–Trinajstić information content (AvgIpc) is 3.13. The van der Waals surface area contributed by atoms with Crippen LogP contribution in [-0.4, -0.2) is 64.5 Å². The third-order valence-electron chi connectivity index (χ3n) is 4.38. The maximum Gasteiger partial charge on any atom is 0.241 e. The molecular weight excluding hydrogens is 320 g/mol. The Kier molecular flexibility index (Phi) is 12.1. The van der Waals surface area contributed by atoms with Gasteiger partial charge in [0.2, 0.25) is 5.91 Å². The standard InChI is InChI=1S/C18H36N4O3/c1-4-19-18(22-14-17(23)20-12-13-24-3)21-11-10-16(25-5-2)15-8-6-7-9-15/h15-16H,4-14H2,1-3H3,(H,20,23)(H2,19,21,22). The fraction of sp³-hybridized carbons (Fsp3) is 0.889. The van der Waals surface area contributed by atoms with Crippen LogP contribution in [0.1, 0.15) is 46.0 Å². The maximum atomic E-state index is 11.7. The van der Waals surface area contributed by atoms with Crippen LogP contribution < -0.4 is 16.0 Å². The second kappa shape index (κ2) is 13.9. The van der Waals surface area contributed by atoms with Gasteiger partial charge in [0.15, 0.2) is 5.96 Å². The number of guanidine groups is 1. The van der Waals surface area contributed by atoms with Crippen LogP contribution in [0.15, 0.2) is 4.99 Å². The van der Waals surface area contributed by atoms with Crippen molar-refractivity contribution in [3.63, 3.8) is 0 Å². The Morgan fingerprint density at radius 2 is 1.92 bits per heavy atom. The number of hydrogen-bond acceptors (Lipinski definition) is 4. The van der Waals surface area contributed by atoms with Crippen molar-refractivity contribution in [3.8, 4) is 0 Å². The minimum Gasteiger partial charge on any atom is -0.383 e. The van der Waals surface area contributed by atoms with Gasteiger partial charge in [-0.15, -0.1) is 0 Å². The van der Waals surface area contributed by atoms with Crippen LogP contribution in [0.3, 0.4) is 0 Å². The van der Waals surface area contributed by atoms with Crippen molar-refractivity contribution in [2.24, 2.45) is 10.9 Å². The number of ether oxygens (including phenoxy) is 2. The molecule has 0 bridgehead atoms. The molecule has 1 aliphatic carbocycles. The summed E-state index contributed by atoms with van der Waals surface area (Å²) in [5.41, 5.74) is 0. The molecule has 3 N–H and O–H groups in total. The first kappa shape index (κ1) is 21.7. The van der Waals surface area contributed by atoms with Crippen LogP contribution in [-0.2, 0) is 14.3 Å². The molecule has 0 heterocycles. The smallest absolute Gasteiger partial charge is 0.241 e. The molecule has 1 aliphatic rings. The molecule has 1 saturated carbocycles. The van der Waals surface area contributed by atoms with Crippen LogP contribution in [0, 0.1) is 5.92 Å². The second-order valence-electron chi connectivity index (χ2n) is 6.29. The summed E-state index contributed by atoms with van der Waals surface area (Å²) in [5.74, 6) is 1.26. The van der Waals surface area contributed by atoms with E-state index >= 15 is 0 Å². The minimum absolute atomic E-state index is 0.104. The third-order valence-corrected chi connectivity index (χ3v) is 4.38. The first-order valence-electron chi connectivity index (χ1n) is 9.60. The van der Waals surface area contributed by atoms with Gasteiger partial charge in [-0.3, -0.25) is 4.79 Å². The molecule has 7 heteroatoms. The van der Waals surface area contributed by atoms with Crippen molar-refractivity contribution in [2.75, 3.05) is 46.5 Å². The predicted molar refractivity (Wildman–Crippen MR) is 101 cm³/mol. The number of hydrogen-bond donors (Lipinski definition) is 3. The highest BCUT2D eigenvalue weighted by atomic mass is 16.5. The number of carbonyl (C=O) groups excluding carboxylic acids is 1. The van der Waals surface area contributed by atoms with Gasteiger partial charge in [0.25, 0.3) is 0 Å². The van der Waals surface area contributed by atoms with Gasteiger partial charge in [-0.25, -0.2) is 4.99 Å². The largest absolute Gasteiger partial charge is 0.383 e. The molecule has 1 atom stereocenters. The van der Waals surface area contributed by atoms with Crippen molar-refractivity contribution in [1.82, 2.24) is 16.0 Å². The molecular formula is C18H36N4O3. The number of carbonyl (C=O) groups is 1. The number of aliphatic imine (C=N–C) groups is 1. The topological polar surface area (TPSA) is 84.0 Å². The van der Waals surface area contributed by atoms with Gasteiger partial charge in [-0.1, -0.05) is 12.8 Å². The number of methoxy groups -OCH3 is 1. The summed E-state index contributed by atoms with van der Waals surface area (Å²) < 4.78 is 10.9. The minimum atomic E-state index is -0.104. The van der Waals surface area contributed by atoms with Gasteiger partial charge in [0, 0.05) is 33.4 Å². The summed E-state index contributed by atoms with van der Waals surface area (Å²) in [4.78, 5) is 16.1. The molecule has 0 saturated heterocycles. The quantitative estimate of drug-likeness (QED) is 0.279. The van der Waals surface area contributed by atoms with Gasteiger partial charge >= 0.3 is 0 Å². The molecule has 0 spiro atoms. The summed E-state index contributed by atoms with van der Waals surface area (Å²) in [6, 6.07) is 0. The van der Waals surface area contributed by atoms with E-state index in [1.165, 1.54) is 25.7 Å². The second-order valence-corrected chi connectivity index (χ2v) is 6.29. The molecule has 0 aromatic rings. The Morgan fingerprint density at radius 3 is 2.56 bits per heavy atom. The van der Waals surface area contributed by atoms with E-state index in [2.05, 4.69) is 27.9 Å². The van der Waals surface area contributed by atoms with Crippen LogP contribution in [0.2, 0.25) is 0 Å². The van der Waals surface area contributed by atoms with Gasteiger partial charge < -0.3 is 25.4 Å². The molecule has 7 nitrogen and oxygen atoms in total. The van der Waals surface area contributed by atoms with E-state index in [1.807, 2.05) is 6.92 Å². The lowest BCUT2D eigenvalue weighted by molar-refractivity contribution is -0.119. The highest BCUT2D eigenvalue weighted by Crippen LogP contribution is 2.30. The van der Waals surface area contributed by atoms with Crippen LogP contribution in [0.5, 0.6) is 0 Å². The highest BCUT2D eigenvalue weighted by molar-refractivity contribution is 5.84. The summed E-state index contributed by atoms with van der Waals surface area (Å²) in [5, 5.41) is 9.25. The summed E-state index contributed by atoms with van der Waals surface area (Å²) >= 11 is 0. The number of nitrogens with one attached hydrogen (secondary N) is 3. The van der Waals surface area contributed by atoms with Crippen molar-refractivity contribution in [2.45, 2.75) is 52.1 Å². The fourth-order valence-corrected chi connectivity index (χ4v) is 3.17. The highest BCUT2D eigenvalue weighted by Gasteiger charge is 2.25. The Morgan fingerprint density at radius 1 is 1.16 bits per heavy atom. The molecule has 1 amide bonds. The van der Waals surface area contributed by atoms with Crippen molar-refractivity contribution >= 4 is 11.9 Å². The molecule has 25 heavy (non-hydrogen) atoms. The predicted octanol–water partition coefficient (Wildman–Crippen LogP) is 1.29. The van der Waals surface area contributed by atoms with Crippen molar-refractivity contribution in [3.05, 3.63) is 0 Å². The van der Waals surface area contributed by atoms with E-state index in [9.17, 15) is 4.79 Å². The first-order chi connectivity index (χ1) is 12.2. The normalized spacial score (nSPS) is 16.7. The lowest BCUT2D eigenvalue weighted by Crippen LogP contribution is -2.40. The Bertz CT molecular complexity index is 385. The Balaban J connectivity index is 2.36. The summed E-state index contributed by atoms with van der Waals surface area (Å²) in [6.07, 6.45) is 6.48. The Labute approximate surface area is 152 Å². The molecule has 1 rings (SSSR count). The summed E-state index contributed by atoms with van der Waals surface area (Å²) in [7, 11) is 1.61. The molecule has 0 aliphatic heterocycles. The molecule has 0 aromatic carbocycles. The zero-order valence-electron chi connectivity index (χ0n) is 16.1. The zero-order valence-corrected chi connectivity index (χ0v) is 16.1. The van der Waals surface area contributed by atoms with Crippen molar-refractivity contribution in [1.29, 1.82) is 0 Å². The fourth-order valence-electron chi connectivity index (χ4n) is 3.17. The van der Waals surface area contributed by atoms with Crippen LogP contribution in [0.4, 0.5) is 0 Å². The SMILES string of the molecule is CCNC(=NCC(=O)NCCOC)NCCC(OCC)C1CCCC1. The van der Waals surface area contributed by atoms with Crippen molar-refractivity contribution < 1.29 is 14.3 Å². The van der Waals surface area contributed by atoms with Gasteiger partial charge in [0.1, 0.15) is 6.54 Å². The molecule has 1 unspecified atom stereocenters. The van der Waals surface area contributed by atoms with E-state index in [4.69, 9.17) is 9.47 Å². The number of rotatable bonds is 12. The van der Waals surface area contributed by atoms with E-state index in [0.29, 0.717) is 31.1 Å². The van der Waals surface area contributed by atoms with Gasteiger partial charge in [-0.05, 0) is 39.0 Å². The molecule has 1 fully saturated rings. The first-order valence-corrected chi connectivity index (χ1v) is 9.60. The van der Waals surface area contributed by atoms with Gasteiger partial charge in [0.05, 0.1) is 12.7 Å². The third kappa shape index (κ3) is 9.65. The Hall–Kier alpha value is -1.34. The molecule has 0 radical (unpaired) electrons. The van der Waals surface area contributed by atoms with Crippen LogP contribution in [0.25, 0.3) is 0 Å². The van der Waals surface area contributed by atoms with Gasteiger partial charge in [-0.2, -0.15) is 0 Å². The van der Waals surface area contributed by atoms with E-state index in [0.717, 1.165) is 26.1 Å². The zero-order chi connectivity index (χ0) is 18.3. The summed E-state index contributed by atoms with van der Waals surface area (Å²) in [6.45, 7) is 7.50. The molecule has 146 valence electrons. The lowest BCUT2D eigenvalue weighted by atomic mass is 9.98. The number of nitrogens with zero attached hydrogens (tertiary/aromatic N) is 1. The number of amides is 1. The monoisotopic (exact) mass is 356 g/mol. The van der Waals surface area contributed by atoms with E-state index < -0.39 is 0 Å².